The maximum absolute atomic E-state index is 11.7. The van der Waals surface area contributed by atoms with E-state index in [1.807, 2.05) is 13.8 Å². The number of thioether (sulfide) groups is 1. The van der Waals surface area contributed by atoms with Crippen LogP contribution in [0.5, 0.6) is 0 Å². The summed E-state index contributed by atoms with van der Waals surface area (Å²) in [5.41, 5.74) is 1.33. The molecule has 19 heavy (non-hydrogen) atoms. The minimum atomic E-state index is -0.187. The molecule has 0 unspecified atom stereocenters. The fourth-order valence-electron chi connectivity index (χ4n) is 1.30. The number of nitrogens with one attached hydrogen (secondary N) is 1. The van der Waals surface area contributed by atoms with Crippen molar-refractivity contribution in [3.8, 4) is 0 Å². The average Bonchev–Trinajstić information content (AvgIpc) is 2.69. The number of hydrogen-bond donors (Lipinski definition) is 1. The fourth-order valence-corrected chi connectivity index (χ4v) is 2.18. The standard InChI is InChI=1S/C12H12ClN3O2S/c1-7-8(2)18-12(15-7)19-6-10(17)16-9-4-3-5-14-11(9)13/h3-5H,6H2,1-2H3,(H,16,17). The van der Waals surface area contributed by atoms with E-state index in [2.05, 4.69) is 15.3 Å². The van der Waals surface area contributed by atoms with Gasteiger partial charge in [-0.2, -0.15) is 0 Å². The Bertz CT molecular complexity index is 581. The van der Waals surface area contributed by atoms with Crippen LogP contribution in [-0.4, -0.2) is 21.6 Å². The van der Waals surface area contributed by atoms with Gasteiger partial charge >= 0.3 is 0 Å². The molecule has 0 radical (unpaired) electrons. The van der Waals surface area contributed by atoms with Gasteiger partial charge in [0, 0.05) is 6.20 Å². The molecule has 0 aliphatic carbocycles. The first-order valence-corrected chi connectivity index (χ1v) is 6.90. The third-order valence-corrected chi connectivity index (χ3v) is 3.50. The second-order valence-electron chi connectivity index (χ2n) is 3.80. The maximum Gasteiger partial charge on any atom is 0.256 e. The molecular weight excluding hydrogens is 286 g/mol. The molecule has 0 aromatic carbocycles. The predicted molar refractivity (Wildman–Crippen MR) is 74.6 cm³/mol. The van der Waals surface area contributed by atoms with E-state index >= 15 is 0 Å². The summed E-state index contributed by atoms with van der Waals surface area (Å²) in [7, 11) is 0. The molecule has 2 rings (SSSR count). The molecular formula is C12H12ClN3O2S. The van der Waals surface area contributed by atoms with Crippen LogP contribution in [0.15, 0.2) is 28.0 Å². The lowest BCUT2D eigenvalue weighted by molar-refractivity contribution is -0.113. The molecule has 0 bridgehead atoms. The Morgan fingerprint density at radius 3 is 2.95 bits per heavy atom. The first kappa shape index (κ1) is 13.9. The third-order valence-electron chi connectivity index (χ3n) is 2.37. The van der Waals surface area contributed by atoms with Crippen molar-refractivity contribution in [3.05, 3.63) is 34.9 Å². The van der Waals surface area contributed by atoms with Gasteiger partial charge in [-0.05, 0) is 26.0 Å². The van der Waals surface area contributed by atoms with Crippen LogP contribution in [0.1, 0.15) is 11.5 Å². The zero-order valence-corrected chi connectivity index (χ0v) is 12.0. The summed E-state index contributed by atoms with van der Waals surface area (Å²) >= 11 is 7.08. The molecule has 0 saturated heterocycles. The number of carbonyl (C=O) groups is 1. The van der Waals surface area contributed by atoms with E-state index in [0.29, 0.717) is 10.9 Å². The van der Waals surface area contributed by atoms with Crippen molar-refractivity contribution in [1.29, 1.82) is 0 Å². The quantitative estimate of drug-likeness (QED) is 0.694. The Morgan fingerprint density at radius 2 is 2.32 bits per heavy atom. The number of nitrogens with zero attached hydrogens (tertiary/aromatic N) is 2. The molecule has 0 aliphatic rings. The second-order valence-corrected chi connectivity index (χ2v) is 5.08. The Kier molecular flexibility index (Phi) is 4.44. The van der Waals surface area contributed by atoms with Crippen LogP contribution in [0.4, 0.5) is 5.69 Å². The number of hydrogen-bond acceptors (Lipinski definition) is 5. The van der Waals surface area contributed by atoms with E-state index in [-0.39, 0.29) is 16.8 Å². The predicted octanol–water partition coefficient (Wildman–Crippen LogP) is 3.07. The molecule has 2 heterocycles. The second kappa shape index (κ2) is 6.08. The van der Waals surface area contributed by atoms with Crippen molar-refractivity contribution in [1.82, 2.24) is 9.97 Å². The van der Waals surface area contributed by atoms with Crippen LogP contribution in [0.3, 0.4) is 0 Å². The number of pyridine rings is 1. The third kappa shape index (κ3) is 3.71. The first-order chi connectivity index (χ1) is 9.06. The monoisotopic (exact) mass is 297 g/mol. The minimum Gasteiger partial charge on any atom is -0.437 e. The lowest BCUT2D eigenvalue weighted by atomic mass is 10.4. The molecule has 0 aliphatic heterocycles. The van der Waals surface area contributed by atoms with E-state index in [1.165, 1.54) is 11.8 Å². The van der Waals surface area contributed by atoms with Crippen molar-refractivity contribution in [2.45, 2.75) is 19.1 Å². The van der Waals surface area contributed by atoms with Crippen molar-refractivity contribution in [3.63, 3.8) is 0 Å². The molecule has 0 spiro atoms. The Balaban J connectivity index is 1.90. The van der Waals surface area contributed by atoms with E-state index in [4.69, 9.17) is 16.0 Å². The normalized spacial score (nSPS) is 10.5. The van der Waals surface area contributed by atoms with Crippen molar-refractivity contribution < 1.29 is 9.21 Å². The zero-order valence-electron chi connectivity index (χ0n) is 10.4. The minimum absolute atomic E-state index is 0.187. The number of aromatic nitrogens is 2. The summed E-state index contributed by atoms with van der Waals surface area (Å²) in [6.07, 6.45) is 1.56. The molecule has 0 saturated carbocycles. The van der Waals surface area contributed by atoms with Gasteiger partial charge in [0.15, 0.2) is 5.15 Å². The summed E-state index contributed by atoms with van der Waals surface area (Å²) in [6.45, 7) is 3.69. The fraction of sp³-hybridized carbons (Fsp3) is 0.250. The summed E-state index contributed by atoms with van der Waals surface area (Å²) in [5, 5.41) is 3.43. The molecule has 5 nitrogen and oxygen atoms in total. The molecule has 0 fully saturated rings. The number of amides is 1. The highest BCUT2D eigenvalue weighted by molar-refractivity contribution is 7.99. The molecule has 7 heteroatoms. The van der Waals surface area contributed by atoms with E-state index in [9.17, 15) is 4.79 Å². The number of anilines is 1. The van der Waals surface area contributed by atoms with Gasteiger partial charge in [-0.15, -0.1) is 0 Å². The molecule has 2 aromatic heterocycles. The van der Waals surface area contributed by atoms with Gasteiger partial charge in [-0.3, -0.25) is 4.79 Å². The van der Waals surface area contributed by atoms with Gasteiger partial charge in [0.1, 0.15) is 5.76 Å². The molecule has 1 amide bonds. The van der Waals surface area contributed by atoms with E-state index in [1.54, 1.807) is 18.3 Å². The lowest BCUT2D eigenvalue weighted by Gasteiger charge is -2.04. The summed E-state index contributed by atoms with van der Waals surface area (Å²) in [4.78, 5) is 19.8. The topological polar surface area (TPSA) is 68.0 Å². The van der Waals surface area contributed by atoms with Crippen LogP contribution in [0, 0.1) is 13.8 Å². The van der Waals surface area contributed by atoms with Gasteiger partial charge in [-0.1, -0.05) is 23.4 Å². The highest BCUT2D eigenvalue weighted by Crippen LogP contribution is 2.21. The van der Waals surface area contributed by atoms with Crippen molar-refractivity contribution in [2.75, 3.05) is 11.1 Å². The molecule has 100 valence electrons. The highest BCUT2D eigenvalue weighted by Gasteiger charge is 2.10. The van der Waals surface area contributed by atoms with Crippen LogP contribution in [0.2, 0.25) is 5.15 Å². The van der Waals surface area contributed by atoms with Crippen molar-refractivity contribution in [2.24, 2.45) is 0 Å². The molecule has 0 atom stereocenters. The molecule has 2 aromatic rings. The van der Waals surface area contributed by atoms with E-state index in [0.717, 1.165) is 11.5 Å². The van der Waals surface area contributed by atoms with Crippen LogP contribution >= 0.6 is 23.4 Å². The van der Waals surface area contributed by atoms with Gasteiger partial charge < -0.3 is 9.73 Å². The van der Waals surface area contributed by atoms with Gasteiger partial charge in [-0.25, -0.2) is 9.97 Å². The van der Waals surface area contributed by atoms with Gasteiger partial charge in [0.2, 0.25) is 5.91 Å². The largest absolute Gasteiger partial charge is 0.437 e. The van der Waals surface area contributed by atoms with E-state index < -0.39 is 0 Å². The smallest absolute Gasteiger partial charge is 0.256 e. The van der Waals surface area contributed by atoms with Crippen molar-refractivity contribution >= 4 is 35.0 Å². The number of oxazole rings is 1. The SMILES string of the molecule is Cc1nc(SCC(=O)Nc2cccnc2Cl)oc1C. The van der Waals surface area contributed by atoms with Crippen LogP contribution in [0.25, 0.3) is 0 Å². The molecule has 1 N–H and O–H groups in total. The first-order valence-electron chi connectivity index (χ1n) is 5.53. The number of aryl methyl sites for hydroxylation is 2. The van der Waals surface area contributed by atoms with Gasteiger partial charge in [0.05, 0.1) is 17.1 Å². The number of carbonyl (C=O) groups excluding carboxylic acids is 1. The Hall–Kier alpha value is -1.53. The Labute approximate surface area is 119 Å². The maximum atomic E-state index is 11.7. The summed E-state index contributed by atoms with van der Waals surface area (Å²) in [6, 6.07) is 3.40. The number of halogens is 1. The summed E-state index contributed by atoms with van der Waals surface area (Å²) in [5.74, 6) is 0.775. The van der Waals surface area contributed by atoms with Crippen LogP contribution < -0.4 is 5.32 Å². The van der Waals surface area contributed by atoms with Gasteiger partial charge in [0.25, 0.3) is 5.22 Å². The summed E-state index contributed by atoms with van der Waals surface area (Å²) < 4.78 is 5.37. The Morgan fingerprint density at radius 1 is 1.53 bits per heavy atom. The van der Waals surface area contributed by atoms with Crippen LogP contribution in [-0.2, 0) is 4.79 Å². The highest BCUT2D eigenvalue weighted by atomic mass is 35.5. The number of rotatable bonds is 4. The zero-order chi connectivity index (χ0) is 13.8. The average molecular weight is 298 g/mol. The lowest BCUT2D eigenvalue weighted by Crippen LogP contribution is -2.14.